The fourth-order valence-corrected chi connectivity index (χ4v) is 1.45. The van der Waals surface area contributed by atoms with Crippen molar-refractivity contribution in [1.29, 1.82) is 0 Å². The van der Waals surface area contributed by atoms with Crippen molar-refractivity contribution >= 4 is 11.6 Å². The van der Waals surface area contributed by atoms with E-state index < -0.39 is 0 Å². The molecule has 0 aliphatic carbocycles. The molecule has 0 bridgehead atoms. The minimum absolute atomic E-state index is 0.429. The number of rotatable bonds is 3. The topological polar surface area (TPSA) is 55.0 Å². The molecule has 1 rings (SSSR count). The lowest BCUT2D eigenvalue weighted by Crippen LogP contribution is -2.34. The van der Waals surface area contributed by atoms with Crippen LogP contribution in [0.25, 0.3) is 0 Å². The van der Waals surface area contributed by atoms with Crippen LogP contribution in [-0.4, -0.2) is 23.1 Å². The third-order valence-corrected chi connectivity index (χ3v) is 3.01. The molecule has 1 aromatic heterocycles. The van der Waals surface area contributed by atoms with Crippen molar-refractivity contribution in [2.75, 3.05) is 17.7 Å². The molecule has 15 heavy (non-hydrogen) atoms. The number of nitrogen functional groups attached to an aromatic ring is 1. The Kier molecular flexibility index (Phi) is 3.50. The fourth-order valence-electron chi connectivity index (χ4n) is 1.45. The summed E-state index contributed by atoms with van der Waals surface area (Å²) in [5.74, 6) is 2.05. The molecule has 2 N–H and O–H groups in total. The van der Waals surface area contributed by atoms with E-state index in [4.69, 9.17) is 5.73 Å². The lowest BCUT2D eigenvalue weighted by molar-refractivity contribution is 0.502. The molecule has 0 aliphatic heterocycles. The van der Waals surface area contributed by atoms with Gasteiger partial charge in [-0.25, -0.2) is 9.97 Å². The summed E-state index contributed by atoms with van der Waals surface area (Å²) in [6, 6.07) is 0.429. The van der Waals surface area contributed by atoms with Crippen LogP contribution in [0.5, 0.6) is 0 Å². The summed E-state index contributed by atoms with van der Waals surface area (Å²) in [7, 11) is 2.04. The van der Waals surface area contributed by atoms with E-state index in [1.807, 2.05) is 14.0 Å². The Hall–Kier alpha value is -1.32. The highest BCUT2D eigenvalue weighted by Gasteiger charge is 2.17. The molecular formula is C11H20N4. The molecule has 0 spiro atoms. The van der Waals surface area contributed by atoms with Crippen LogP contribution in [0.2, 0.25) is 0 Å². The molecule has 4 nitrogen and oxygen atoms in total. The molecule has 1 unspecified atom stereocenters. The van der Waals surface area contributed by atoms with Gasteiger partial charge >= 0.3 is 0 Å². The van der Waals surface area contributed by atoms with E-state index in [2.05, 4.69) is 35.6 Å². The van der Waals surface area contributed by atoms with E-state index >= 15 is 0 Å². The number of anilines is 2. The summed E-state index contributed by atoms with van der Waals surface area (Å²) in [6.07, 6.45) is 1.52. The zero-order valence-corrected chi connectivity index (χ0v) is 10.2. The maximum atomic E-state index is 5.76. The average molecular weight is 208 g/mol. The Morgan fingerprint density at radius 1 is 1.27 bits per heavy atom. The van der Waals surface area contributed by atoms with E-state index in [-0.39, 0.29) is 0 Å². The third-order valence-electron chi connectivity index (χ3n) is 3.01. The normalized spacial score (nSPS) is 12.9. The summed E-state index contributed by atoms with van der Waals surface area (Å²) in [6.45, 7) is 8.53. The van der Waals surface area contributed by atoms with Gasteiger partial charge in [-0.05, 0) is 19.8 Å². The van der Waals surface area contributed by atoms with Gasteiger partial charge in [0.1, 0.15) is 18.0 Å². The highest BCUT2D eigenvalue weighted by molar-refractivity contribution is 5.55. The molecule has 0 fully saturated rings. The second kappa shape index (κ2) is 4.47. The Labute approximate surface area is 91.5 Å². The van der Waals surface area contributed by atoms with Gasteiger partial charge in [0.2, 0.25) is 0 Å². The fraction of sp³-hybridized carbons (Fsp3) is 0.636. The van der Waals surface area contributed by atoms with Gasteiger partial charge in [-0.2, -0.15) is 0 Å². The molecule has 1 heterocycles. The highest BCUT2D eigenvalue weighted by atomic mass is 15.2. The van der Waals surface area contributed by atoms with Crippen molar-refractivity contribution in [2.24, 2.45) is 5.92 Å². The van der Waals surface area contributed by atoms with E-state index in [0.29, 0.717) is 17.8 Å². The van der Waals surface area contributed by atoms with E-state index in [0.717, 1.165) is 11.4 Å². The Morgan fingerprint density at radius 3 is 2.40 bits per heavy atom. The standard InChI is InChI=1S/C11H20N4/c1-7(2)9(4)15(5)11-8(3)10(12)13-6-14-11/h6-7,9H,1-5H3,(H2,12,13,14). The van der Waals surface area contributed by atoms with Gasteiger partial charge in [0.25, 0.3) is 0 Å². The molecular weight excluding hydrogens is 188 g/mol. The van der Waals surface area contributed by atoms with Crippen LogP contribution in [0.1, 0.15) is 26.3 Å². The van der Waals surface area contributed by atoms with Crippen LogP contribution in [0, 0.1) is 12.8 Å². The predicted octanol–water partition coefficient (Wildman–Crippen LogP) is 1.85. The second-order valence-electron chi connectivity index (χ2n) is 4.30. The first-order valence-electron chi connectivity index (χ1n) is 5.25. The van der Waals surface area contributed by atoms with Crippen molar-refractivity contribution < 1.29 is 0 Å². The summed E-state index contributed by atoms with van der Waals surface area (Å²) < 4.78 is 0. The molecule has 0 amide bonds. The van der Waals surface area contributed by atoms with E-state index in [1.54, 1.807) is 0 Å². The lowest BCUT2D eigenvalue weighted by Gasteiger charge is -2.30. The Morgan fingerprint density at radius 2 is 1.87 bits per heavy atom. The molecule has 4 heteroatoms. The summed E-state index contributed by atoms with van der Waals surface area (Å²) >= 11 is 0. The van der Waals surface area contributed by atoms with Crippen molar-refractivity contribution in [2.45, 2.75) is 33.7 Å². The van der Waals surface area contributed by atoms with Crippen LogP contribution < -0.4 is 10.6 Å². The highest BCUT2D eigenvalue weighted by Crippen LogP contribution is 2.22. The molecule has 0 aliphatic rings. The monoisotopic (exact) mass is 208 g/mol. The second-order valence-corrected chi connectivity index (χ2v) is 4.30. The predicted molar refractivity (Wildman–Crippen MR) is 63.9 cm³/mol. The lowest BCUT2D eigenvalue weighted by atomic mass is 10.0. The first-order valence-corrected chi connectivity index (χ1v) is 5.25. The van der Waals surface area contributed by atoms with Gasteiger partial charge in [-0.1, -0.05) is 13.8 Å². The number of aromatic nitrogens is 2. The maximum Gasteiger partial charge on any atom is 0.137 e. The molecule has 84 valence electrons. The van der Waals surface area contributed by atoms with Crippen LogP contribution in [0.4, 0.5) is 11.6 Å². The SMILES string of the molecule is Cc1c(N)ncnc1N(C)C(C)C(C)C. The Bertz CT molecular complexity index is 335. The van der Waals surface area contributed by atoms with Crippen molar-refractivity contribution in [3.8, 4) is 0 Å². The zero-order chi connectivity index (χ0) is 11.6. The minimum Gasteiger partial charge on any atom is -0.383 e. The van der Waals surface area contributed by atoms with Crippen molar-refractivity contribution in [1.82, 2.24) is 9.97 Å². The number of nitrogens with two attached hydrogens (primary N) is 1. The Balaban J connectivity index is 3.01. The quantitative estimate of drug-likeness (QED) is 0.823. The van der Waals surface area contributed by atoms with Crippen LogP contribution in [-0.2, 0) is 0 Å². The summed E-state index contributed by atoms with van der Waals surface area (Å²) in [4.78, 5) is 10.4. The molecule has 0 radical (unpaired) electrons. The van der Waals surface area contributed by atoms with Crippen LogP contribution in [0.15, 0.2) is 6.33 Å². The number of hydrogen-bond donors (Lipinski definition) is 1. The number of nitrogens with zero attached hydrogens (tertiary/aromatic N) is 3. The van der Waals surface area contributed by atoms with Gasteiger partial charge in [-0.15, -0.1) is 0 Å². The van der Waals surface area contributed by atoms with Gasteiger partial charge in [0.05, 0.1) is 0 Å². The van der Waals surface area contributed by atoms with Crippen molar-refractivity contribution in [3.63, 3.8) is 0 Å². The first-order chi connectivity index (χ1) is 6.95. The summed E-state index contributed by atoms with van der Waals surface area (Å²) in [5, 5.41) is 0. The zero-order valence-electron chi connectivity index (χ0n) is 10.2. The van der Waals surface area contributed by atoms with Crippen LogP contribution in [0.3, 0.4) is 0 Å². The van der Waals surface area contributed by atoms with Gasteiger partial charge in [0, 0.05) is 18.7 Å². The first kappa shape index (κ1) is 11.8. The van der Waals surface area contributed by atoms with E-state index in [1.165, 1.54) is 6.33 Å². The van der Waals surface area contributed by atoms with E-state index in [9.17, 15) is 0 Å². The average Bonchev–Trinajstić information content (AvgIpc) is 2.20. The molecule has 0 aromatic carbocycles. The smallest absolute Gasteiger partial charge is 0.137 e. The largest absolute Gasteiger partial charge is 0.383 e. The molecule has 1 aromatic rings. The summed E-state index contributed by atoms with van der Waals surface area (Å²) in [5.41, 5.74) is 6.71. The molecule has 0 saturated heterocycles. The maximum absolute atomic E-state index is 5.76. The van der Waals surface area contributed by atoms with Gasteiger partial charge in [-0.3, -0.25) is 0 Å². The van der Waals surface area contributed by atoms with Crippen molar-refractivity contribution in [3.05, 3.63) is 11.9 Å². The van der Waals surface area contributed by atoms with Gasteiger partial charge in [0.15, 0.2) is 0 Å². The minimum atomic E-state index is 0.429. The third kappa shape index (κ3) is 2.37. The molecule has 0 saturated carbocycles. The number of hydrogen-bond acceptors (Lipinski definition) is 4. The van der Waals surface area contributed by atoms with Gasteiger partial charge < -0.3 is 10.6 Å². The molecule has 1 atom stereocenters. The van der Waals surface area contributed by atoms with Crippen LogP contribution >= 0.6 is 0 Å².